The molecule has 4 rings (SSSR count). The number of amides is 1. The van der Waals surface area contributed by atoms with E-state index in [-0.39, 0.29) is 27.4 Å². The van der Waals surface area contributed by atoms with E-state index >= 15 is 0 Å². The number of ether oxygens (including phenoxy) is 1. The van der Waals surface area contributed by atoms with E-state index in [4.69, 9.17) is 16.3 Å². The van der Waals surface area contributed by atoms with Gasteiger partial charge in [-0.1, -0.05) is 29.4 Å². The number of benzene rings is 2. The maximum absolute atomic E-state index is 12.9. The van der Waals surface area contributed by atoms with E-state index in [0.29, 0.717) is 27.7 Å². The number of methoxy groups -OCH3 is 1. The molecule has 8 nitrogen and oxygen atoms in total. The predicted octanol–water partition coefficient (Wildman–Crippen LogP) is 3.98. The molecular weight excluding hydrogens is 472 g/mol. The number of rotatable bonds is 5. The van der Waals surface area contributed by atoms with Crippen LogP contribution < -0.4 is 14.4 Å². The molecule has 1 N–H and O–H groups in total. The number of aromatic nitrogens is 2. The summed E-state index contributed by atoms with van der Waals surface area (Å²) in [7, 11) is -0.782. The Morgan fingerprint density at radius 3 is 2.78 bits per heavy atom. The summed E-state index contributed by atoms with van der Waals surface area (Å²) in [5.41, 5.74) is 2.88. The van der Waals surface area contributed by atoms with Crippen LogP contribution in [0.2, 0.25) is 5.02 Å². The Labute approximate surface area is 195 Å². The summed E-state index contributed by atoms with van der Waals surface area (Å²) < 4.78 is 32.2. The van der Waals surface area contributed by atoms with Gasteiger partial charge in [-0.25, -0.2) is 18.4 Å². The number of anilines is 2. The van der Waals surface area contributed by atoms with Gasteiger partial charge in [-0.2, -0.15) is 0 Å². The minimum absolute atomic E-state index is 0.00642. The van der Waals surface area contributed by atoms with Crippen LogP contribution >= 0.6 is 23.4 Å². The minimum Gasteiger partial charge on any atom is -0.495 e. The standard InChI is InChI=1S/C21H19ClN4O4S2/c1-12-4-7-17(30-3)15(8-12)24-19(27)11-31-21-23-10-18-20(25-21)14-9-13(22)5-6-16(14)26(2)32(18,28)29/h4-10H,11H2,1-3H3,(H,24,27). The molecule has 2 aromatic carbocycles. The quantitative estimate of drug-likeness (QED) is 0.426. The summed E-state index contributed by atoms with van der Waals surface area (Å²) >= 11 is 7.24. The molecule has 1 amide bonds. The number of carbonyl (C=O) groups is 1. The first-order valence-electron chi connectivity index (χ1n) is 9.44. The highest BCUT2D eigenvalue weighted by molar-refractivity contribution is 7.99. The lowest BCUT2D eigenvalue weighted by molar-refractivity contribution is -0.113. The second kappa shape index (κ2) is 8.61. The molecule has 3 aromatic rings. The molecule has 1 aliphatic heterocycles. The van der Waals surface area contributed by atoms with E-state index in [2.05, 4.69) is 15.3 Å². The van der Waals surface area contributed by atoms with Crippen LogP contribution in [-0.2, 0) is 14.8 Å². The molecular formula is C21H19ClN4O4S2. The van der Waals surface area contributed by atoms with Crippen LogP contribution in [0, 0.1) is 6.92 Å². The van der Waals surface area contributed by atoms with Gasteiger partial charge in [-0.3, -0.25) is 9.10 Å². The van der Waals surface area contributed by atoms with Crippen LogP contribution in [-0.4, -0.2) is 44.2 Å². The number of nitrogens with zero attached hydrogens (tertiary/aromatic N) is 3. The number of thioether (sulfide) groups is 1. The van der Waals surface area contributed by atoms with Crippen LogP contribution in [0.1, 0.15) is 5.56 Å². The third kappa shape index (κ3) is 4.13. The molecule has 166 valence electrons. The summed E-state index contributed by atoms with van der Waals surface area (Å²) in [6, 6.07) is 10.4. The van der Waals surface area contributed by atoms with Crippen LogP contribution in [0.25, 0.3) is 11.3 Å². The van der Waals surface area contributed by atoms with Gasteiger partial charge in [0.1, 0.15) is 10.6 Å². The number of fused-ring (bicyclic) bond motifs is 3. The summed E-state index contributed by atoms with van der Waals surface area (Å²) in [5.74, 6) is 0.322. The highest BCUT2D eigenvalue weighted by Crippen LogP contribution is 2.42. The van der Waals surface area contributed by atoms with E-state index in [9.17, 15) is 13.2 Å². The van der Waals surface area contributed by atoms with Gasteiger partial charge in [-0.15, -0.1) is 0 Å². The fourth-order valence-corrected chi connectivity index (χ4v) is 5.38. The molecule has 0 spiro atoms. The van der Waals surface area contributed by atoms with Crippen LogP contribution in [0.3, 0.4) is 0 Å². The SMILES string of the molecule is COc1ccc(C)cc1NC(=O)CSc1ncc2c(n1)-c1cc(Cl)ccc1N(C)S2(=O)=O. The van der Waals surface area contributed by atoms with Gasteiger partial charge in [0.25, 0.3) is 10.0 Å². The van der Waals surface area contributed by atoms with Gasteiger partial charge in [0, 0.05) is 17.6 Å². The molecule has 0 radical (unpaired) electrons. The van der Waals surface area contributed by atoms with E-state index in [1.807, 2.05) is 19.1 Å². The van der Waals surface area contributed by atoms with E-state index in [1.54, 1.807) is 24.3 Å². The maximum Gasteiger partial charge on any atom is 0.267 e. The summed E-state index contributed by atoms with van der Waals surface area (Å²) in [6.45, 7) is 1.92. The average Bonchev–Trinajstić information content (AvgIpc) is 2.76. The Hall–Kier alpha value is -2.82. The van der Waals surface area contributed by atoms with Gasteiger partial charge >= 0.3 is 0 Å². The molecule has 32 heavy (non-hydrogen) atoms. The van der Waals surface area contributed by atoms with Crippen molar-refractivity contribution < 1.29 is 17.9 Å². The van der Waals surface area contributed by atoms with Crippen molar-refractivity contribution in [2.45, 2.75) is 17.0 Å². The van der Waals surface area contributed by atoms with Crippen molar-refractivity contribution in [2.24, 2.45) is 0 Å². The lowest BCUT2D eigenvalue weighted by atomic mass is 10.1. The normalized spacial score (nSPS) is 13.8. The lowest BCUT2D eigenvalue weighted by Crippen LogP contribution is -2.31. The third-order valence-electron chi connectivity index (χ3n) is 4.89. The Kier molecular flexibility index (Phi) is 6.02. The number of aryl methyl sites for hydroxylation is 1. The number of hydrogen-bond acceptors (Lipinski definition) is 7. The van der Waals surface area contributed by atoms with Crippen molar-refractivity contribution in [3.8, 4) is 17.0 Å². The number of nitrogens with one attached hydrogen (secondary N) is 1. The Morgan fingerprint density at radius 2 is 2.03 bits per heavy atom. The van der Waals surface area contributed by atoms with Crippen molar-refractivity contribution in [3.05, 3.63) is 53.2 Å². The highest BCUT2D eigenvalue weighted by atomic mass is 35.5. The van der Waals surface area contributed by atoms with Gasteiger partial charge in [-0.05, 0) is 42.8 Å². The molecule has 0 saturated heterocycles. The van der Waals surface area contributed by atoms with Gasteiger partial charge in [0.2, 0.25) is 5.91 Å². The predicted molar refractivity (Wildman–Crippen MR) is 125 cm³/mol. The summed E-state index contributed by atoms with van der Waals surface area (Å²) in [4.78, 5) is 21.1. The first-order valence-corrected chi connectivity index (χ1v) is 12.2. The molecule has 2 heterocycles. The Morgan fingerprint density at radius 1 is 1.25 bits per heavy atom. The van der Waals surface area contributed by atoms with Crippen LogP contribution in [0.5, 0.6) is 5.75 Å². The Balaban J connectivity index is 1.58. The van der Waals surface area contributed by atoms with Crippen molar-refractivity contribution >= 4 is 50.7 Å². The topological polar surface area (TPSA) is 101 Å². The second-order valence-electron chi connectivity index (χ2n) is 7.04. The first kappa shape index (κ1) is 22.4. The molecule has 0 atom stereocenters. The molecule has 0 unspecified atom stereocenters. The van der Waals surface area contributed by atoms with Crippen molar-refractivity contribution in [1.29, 1.82) is 0 Å². The van der Waals surface area contributed by atoms with E-state index in [1.165, 1.54) is 24.7 Å². The largest absolute Gasteiger partial charge is 0.495 e. The second-order valence-corrected chi connectivity index (χ2v) is 10.4. The highest BCUT2D eigenvalue weighted by Gasteiger charge is 2.34. The zero-order valence-corrected chi connectivity index (χ0v) is 19.8. The lowest BCUT2D eigenvalue weighted by Gasteiger charge is -2.28. The summed E-state index contributed by atoms with van der Waals surface area (Å²) in [5, 5.41) is 3.55. The molecule has 0 saturated carbocycles. The van der Waals surface area contributed by atoms with E-state index < -0.39 is 10.0 Å². The molecule has 0 aliphatic carbocycles. The number of carbonyl (C=O) groups excluding carboxylic acids is 1. The van der Waals surface area contributed by atoms with Crippen molar-refractivity contribution in [3.63, 3.8) is 0 Å². The average molecular weight is 491 g/mol. The smallest absolute Gasteiger partial charge is 0.267 e. The van der Waals surface area contributed by atoms with E-state index in [0.717, 1.165) is 17.3 Å². The number of sulfonamides is 1. The maximum atomic E-state index is 12.9. The molecule has 0 fully saturated rings. The minimum atomic E-state index is -3.78. The molecule has 11 heteroatoms. The Bertz CT molecular complexity index is 1330. The molecule has 0 bridgehead atoms. The van der Waals surface area contributed by atoms with Crippen LogP contribution in [0.15, 0.2) is 52.6 Å². The first-order chi connectivity index (χ1) is 15.2. The monoisotopic (exact) mass is 490 g/mol. The third-order valence-corrected chi connectivity index (χ3v) is 7.75. The van der Waals surface area contributed by atoms with Gasteiger partial charge in [0.05, 0.1) is 36.1 Å². The number of halogens is 1. The van der Waals surface area contributed by atoms with Crippen LogP contribution in [0.4, 0.5) is 11.4 Å². The summed E-state index contributed by atoms with van der Waals surface area (Å²) in [6.07, 6.45) is 1.27. The van der Waals surface area contributed by atoms with Crippen molar-refractivity contribution in [2.75, 3.05) is 29.5 Å². The zero-order chi connectivity index (χ0) is 23.0. The number of hydrogen-bond donors (Lipinski definition) is 1. The fourth-order valence-electron chi connectivity index (χ4n) is 3.29. The fraction of sp³-hybridized carbons (Fsp3) is 0.190. The van der Waals surface area contributed by atoms with Gasteiger partial charge < -0.3 is 10.1 Å². The van der Waals surface area contributed by atoms with Gasteiger partial charge in [0.15, 0.2) is 5.16 Å². The molecule has 1 aromatic heterocycles. The molecule has 1 aliphatic rings. The zero-order valence-electron chi connectivity index (χ0n) is 17.4. The van der Waals surface area contributed by atoms with Crippen molar-refractivity contribution in [1.82, 2.24) is 9.97 Å².